The third-order valence-corrected chi connectivity index (χ3v) is 4.60. The van der Waals surface area contributed by atoms with Gasteiger partial charge in [-0.25, -0.2) is 0 Å². The summed E-state index contributed by atoms with van der Waals surface area (Å²) in [7, 11) is 0. The van der Waals surface area contributed by atoms with E-state index in [0.29, 0.717) is 17.2 Å². The normalized spacial score (nSPS) is 10.2. The first-order valence-corrected chi connectivity index (χ1v) is 10.0. The van der Waals surface area contributed by atoms with E-state index < -0.39 is 0 Å². The minimum atomic E-state index is -0.299. The largest absolute Gasteiger partial charge is 0.494 e. The van der Waals surface area contributed by atoms with Gasteiger partial charge in [0.05, 0.1) is 6.61 Å². The molecule has 29 heavy (non-hydrogen) atoms. The molecule has 3 aromatic rings. The highest BCUT2D eigenvalue weighted by atomic mass is 35.5. The minimum Gasteiger partial charge on any atom is -0.494 e. The summed E-state index contributed by atoms with van der Waals surface area (Å²) in [6.45, 7) is 0.621. The molecule has 148 valence electrons. The van der Waals surface area contributed by atoms with Crippen molar-refractivity contribution < 1.29 is 9.53 Å². The Kier molecular flexibility index (Phi) is 7.61. The third-order valence-electron chi connectivity index (χ3n) is 4.15. The van der Waals surface area contributed by atoms with E-state index in [1.54, 1.807) is 24.3 Å². The maximum Gasteiger partial charge on any atom is 0.257 e. The van der Waals surface area contributed by atoms with Crippen molar-refractivity contribution in [3.05, 3.63) is 95.0 Å². The molecule has 0 saturated carbocycles. The van der Waals surface area contributed by atoms with Crippen molar-refractivity contribution >= 4 is 40.5 Å². The van der Waals surface area contributed by atoms with E-state index in [4.69, 9.17) is 28.6 Å². The maximum atomic E-state index is 12.2. The minimum absolute atomic E-state index is 0.214. The predicted molar refractivity (Wildman–Crippen MR) is 122 cm³/mol. The topological polar surface area (TPSA) is 50.4 Å². The summed E-state index contributed by atoms with van der Waals surface area (Å²) in [6.07, 6.45) is 1.90. The van der Waals surface area contributed by atoms with E-state index in [-0.39, 0.29) is 11.0 Å². The molecule has 0 aliphatic rings. The molecule has 0 aliphatic carbocycles. The van der Waals surface area contributed by atoms with Crippen molar-refractivity contribution in [1.29, 1.82) is 0 Å². The van der Waals surface area contributed by atoms with E-state index >= 15 is 0 Å². The van der Waals surface area contributed by atoms with Gasteiger partial charge in [-0.05, 0) is 67.0 Å². The van der Waals surface area contributed by atoms with Crippen LogP contribution in [0.5, 0.6) is 5.75 Å². The zero-order valence-electron chi connectivity index (χ0n) is 15.7. The summed E-state index contributed by atoms with van der Waals surface area (Å²) < 4.78 is 5.83. The molecule has 0 spiro atoms. The molecule has 2 N–H and O–H groups in total. The van der Waals surface area contributed by atoms with Gasteiger partial charge in [-0.2, -0.15) is 0 Å². The molecule has 0 heterocycles. The van der Waals surface area contributed by atoms with Crippen LogP contribution < -0.4 is 15.4 Å². The van der Waals surface area contributed by atoms with Crippen LogP contribution in [-0.4, -0.2) is 17.6 Å². The molecule has 0 saturated heterocycles. The molecular weight excluding hydrogens is 404 g/mol. The molecule has 6 heteroatoms. The standard InChI is InChI=1S/C23H21ClN2O2S/c24-19-13-11-18(12-14-19)22(27)26-23(29)25-20-9-4-10-21(16-20)28-15-5-8-17-6-2-1-3-7-17/h1-4,6-7,9-14,16H,5,8,15H2,(H2,25,26,27,29). The predicted octanol–water partition coefficient (Wildman–Crippen LogP) is 5.48. The van der Waals surface area contributed by atoms with Gasteiger partial charge in [0.25, 0.3) is 5.91 Å². The molecule has 3 aromatic carbocycles. The Balaban J connectivity index is 1.46. The van der Waals surface area contributed by atoms with Crippen LogP contribution >= 0.6 is 23.8 Å². The Labute approximate surface area is 180 Å². The van der Waals surface area contributed by atoms with Gasteiger partial charge in [0.1, 0.15) is 5.75 Å². The lowest BCUT2D eigenvalue weighted by molar-refractivity contribution is 0.0977. The van der Waals surface area contributed by atoms with E-state index in [1.165, 1.54) is 5.56 Å². The Morgan fingerprint density at radius 1 is 0.966 bits per heavy atom. The number of carbonyl (C=O) groups is 1. The van der Waals surface area contributed by atoms with Crippen LogP contribution in [-0.2, 0) is 6.42 Å². The smallest absolute Gasteiger partial charge is 0.257 e. The van der Waals surface area contributed by atoms with Crippen LogP contribution in [0.2, 0.25) is 5.02 Å². The van der Waals surface area contributed by atoms with E-state index in [9.17, 15) is 4.79 Å². The zero-order valence-corrected chi connectivity index (χ0v) is 17.3. The van der Waals surface area contributed by atoms with Gasteiger partial charge in [0, 0.05) is 22.3 Å². The Morgan fingerprint density at radius 2 is 1.72 bits per heavy atom. The number of ether oxygens (including phenoxy) is 1. The van der Waals surface area contributed by atoms with E-state index in [0.717, 1.165) is 24.3 Å². The second kappa shape index (κ2) is 10.6. The van der Waals surface area contributed by atoms with Crippen LogP contribution in [0.25, 0.3) is 0 Å². The van der Waals surface area contributed by atoms with Crippen molar-refractivity contribution in [1.82, 2.24) is 5.32 Å². The van der Waals surface area contributed by atoms with Crippen molar-refractivity contribution in [3.63, 3.8) is 0 Å². The van der Waals surface area contributed by atoms with Crippen molar-refractivity contribution in [2.45, 2.75) is 12.8 Å². The average Bonchev–Trinajstić information content (AvgIpc) is 2.72. The van der Waals surface area contributed by atoms with Crippen LogP contribution in [0, 0.1) is 0 Å². The summed E-state index contributed by atoms with van der Waals surface area (Å²) in [6, 6.07) is 24.4. The number of hydrogen-bond donors (Lipinski definition) is 2. The number of hydrogen-bond acceptors (Lipinski definition) is 3. The van der Waals surface area contributed by atoms with Gasteiger partial charge in [-0.1, -0.05) is 48.0 Å². The number of rotatable bonds is 7. The quantitative estimate of drug-likeness (QED) is 0.389. The highest BCUT2D eigenvalue weighted by Crippen LogP contribution is 2.18. The summed E-state index contributed by atoms with van der Waals surface area (Å²) in [4.78, 5) is 12.2. The SMILES string of the molecule is O=C(NC(=S)Nc1cccc(OCCCc2ccccc2)c1)c1ccc(Cl)cc1. The molecule has 0 fully saturated rings. The molecule has 0 atom stereocenters. The van der Waals surface area contributed by atoms with Gasteiger partial charge in [0.2, 0.25) is 0 Å². The third kappa shape index (κ3) is 6.89. The van der Waals surface area contributed by atoms with Crippen molar-refractivity contribution in [2.24, 2.45) is 0 Å². The number of anilines is 1. The molecular formula is C23H21ClN2O2S. The van der Waals surface area contributed by atoms with Gasteiger partial charge in [-0.15, -0.1) is 0 Å². The summed E-state index contributed by atoms with van der Waals surface area (Å²) >= 11 is 11.1. The fourth-order valence-corrected chi connectivity index (χ4v) is 3.05. The van der Waals surface area contributed by atoms with E-state index in [2.05, 4.69) is 22.8 Å². The number of nitrogens with one attached hydrogen (secondary N) is 2. The Bertz CT molecular complexity index is 962. The lowest BCUT2D eigenvalue weighted by atomic mass is 10.1. The molecule has 1 amide bonds. The Hall–Kier alpha value is -2.89. The molecule has 0 bridgehead atoms. The van der Waals surface area contributed by atoms with Gasteiger partial charge in [-0.3, -0.25) is 10.1 Å². The molecule has 3 rings (SSSR count). The van der Waals surface area contributed by atoms with Crippen LogP contribution in [0.1, 0.15) is 22.3 Å². The highest BCUT2D eigenvalue weighted by Gasteiger charge is 2.08. The molecule has 0 unspecified atom stereocenters. The average molecular weight is 425 g/mol. The van der Waals surface area contributed by atoms with Crippen molar-refractivity contribution in [3.8, 4) is 5.75 Å². The monoisotopic (exact) mass is 424 g/mol. The first-order valence-electron chi connectivity index (χ1n) is 9.25. The lowest BCUT2D eigenvalue weighted by Crippen LogP contribution is -2.34. The fraction of sp³-hybridized carbons (Fsp3) is 0.130. The van der Waals surface area contributed by atoms with Gasteiger partial charge >= 0.3 is 0 Å². The zero-order chi connectivity index (χ0) is 20.5. The first-order chi connectivity index (χ1) is 14.1. The molecule has 0 radical (unpaired) electrons. The maximum absolute atomic E-state index is 12.2. The highest BCUT2D eigenvalue weighted by molar-refractivity contribution is 7.80. The van der Waals surface area contributed by atoms with Crippen molar-refractivity contribution in [2.75, 3.05) is 11.9 Å². The molecule has 0 aliphatic heterocycles. The fourth-order valence-electron chi connectivity index (χ4n) is 2.71. The number of aryl methyl sites for hydroxylation is 1. The summed E-state index contributed by atoms with van der Waals surface area (Å²) in [5.74, 6) is 0.447. The second-order valence-corrected chi connectivity index (χ2v) is 7.23. The number of halogens is 1. The number of benzene rings is 3. The second-order valence-electron chi connectivity index (χ2n) is 6.38. The van der Waals surface area contributed by atoms with E-state index in [1.807, 2.05) is 42.5 Å². The van der Waals surface area contributed by atoms with Gasteiger partial charge < -0.3 is 10.1 Å². The van der Waals surface area contributed by atoms with Gasteiger partial charge in [0.15, 0.2) is 5.11 Å². The van der Waals surface area contributed by atoms with Crippen LogP contribution in [0.4, 0.5) is 5.69 Å². The summed E-state index contributed by atoms with van der Waals surface area (Å²) in [5.41, 5.74) is 2.52. The number of amides is 1. The lowest BCUT2D eigenvalue weighted by Gasteiger charge is -2.11. The number of carbonyl (C=O) groups excluding carboxylic acids is 1. The first kappa shape index (κ1) is 20.8. The molecule has 4 nitrogen and oxygen atoms in total. The van der Waals surface area contributed by atoms with Crippen LogP contribution in [0.15, 0.2) is 78.9 Å². The Morgan fingerprint density at radius 3 is 2.48 bits per heavy atom. The number of thiocarbonyl (C=S) groups is 1. The summed E-state index contributed by atoms with van der Waals surface area (Å²) in [5, 5.41) is 6.44. The molecule has 0 aromatic heterocycles. The van der Waals surface area contributed by atoms with Crippen LogP contribution in [0.3, 0.4) is 0 Å².